The van der Waals surface area contributed by atoms with Crippen LogP contribution >= 0.6 is 0 Å². The van der Waals surface area contributed by atoms with E-state index < -0.39 is 0 Å². The Bertz CT molecular complexity index is 2230. The molecule has 4 aromatic rings. The molecule has 0 saturated carbocycles. The van der Waals surface area contributed by atoms with Crippen molar-refractivity contribution in [2.45, 2.75) is 179 Å². The third kappa shape index (κ3) is 10.7. The molecule has 2 unspecified atom stereocenters. The second-order valence-electron chi connectivity index (χ2n) is 20.9. The molecule has 0 radical (unpaired) electrons. The number of pyridine rings is 2. The Balaban J connectivity index is 0.810. The van der Waals surface area contributed by atoms with Crippen LogP contribution in [0.5, 0.6) is 0 Å². The first-order chi connectivity index (χ1) is 32.5. The summed E-state index contributed by atoms with van der Waals surface area (Å²) in [5.41, 5.74) is 2.77. The average molecular weight is 903 g/mol. The standard InChI is InChI=1S/C52H78N12O2/c65-51-47-43-20-22-46(56-50(43)63(57-47)32-14-6-3-1-2-5-11-28-59-34-24-40(53-51)25-35-59)62-31-16-17-39(23-36-62)44-18-10-4-7-15-33-64-49-42(19-21-45(55-49)61-29-12-8-9-13-30-61)48(58-64)52(66)54-41-26-37-60(44)38-27-41/h19-22,39-41,44H,1-18,23-38H2,(H,53,65)(H,54,66). The lowest BCUT2D eigenvalue weighted by Crippen LogP contribution is -2.50. The maximum absolute atomic E-state index is 14.0. The monoisotopic (exact) mass is 903 g/mol. The number of piperidine rings is 2. The van der Waals surface area contributed by atoms with Crippen LogP contribution in [0.3, 0.4) is 0 Å². The fourth-order valence-electron chi connectivity index (χ4n) is 12.5. The quantitative estimate of drug-likeness (QED) is 0.207. The zero-order valence-corrected chi connectivity index (χ0v) is 39.9. The van der Waals surface area contributed by atoms with Crippen molar-refractivity contribution in [3.63, 3.8) is 0 Å². The summed E-state index contributed by atoms with van der Waals surface area (Å²) in [6, 6.07) is 9.40. The van der Waals surface area contributed by atoms with E-state index in [1.165, 1.54) is 96.4 Å². The predicted molar refractivity (Wildman–Crippen MR) is 263 cm³/mol. The van der Waals surface area contributed by atoms with Gasteiger partial charge in [-0.3, -0.25) is 14.5 Å². The number of amides is 2. The number of aromatic nitrogens is 6. The van der Waals surface area contributed by atoms with Gasteiger partial charge in [-0.05, 0) is 120 Å². The molecule has 2 atom stereocenters. The summed E-state index contributed by atoms with van der Waals surface area (Å²) in [6.07, 6.45) is 27.0. The van der Waals surface area contributed by atoms with Crippen molar-refractivity contribution in [1.29, 1.82) is 0 Å². The molecule has 66 heavy (non-hydrogen) atoms. The molecule has 358 valence electrons. The molecule has 8 aliphatic rings. The third-order valence-electron chi connectivity index (χ3n) is 16.4. The lowest BCUT2D eigenvalue weighted by Gasteiger charge is -2.41. The molecule has 12 rings (SSSR count). The summed E-state index contributed by atoms with van der Waals surface area (Å²) < 4.78 is 4.08. The van der Waals surface area contributed by atoms with Gasteiger partial charge in [-0.25, -0.2) is 19.3 Å². The molecule has 14 nitrogen and oxygen atoms in total. The Hall–Kier alpha value is -4.30. The van der Waals surface area contributed by atoms with Crippen molar-refractivity contribution in [2.75, 3.05) is 68.7 Å². The summed E-state index contributed by atoms with van der Waals surface area (Å²) in [7, 11) is 0. The van der Waals surface area contributed by atoms with Crippen LogP contribution in [0.25, 0.3) is 22.1 Å². The van der Waals surface area contributed by atoms with Crippen molar-refractivity contribution < 1.29 is 9.59 Å². The van der Waals surface area contributed by atoms with Crippen LogP contribution in [0.15, 0.2) is 24.3 Å². The SMILES string of the molecule is O=C1NC2CCN(CC2)C(C2CCCN(c3ccc4c5nn(c4n3)CCCCCCCCCN3CCC(CC3)NC5=O)CC2)CCCCCCn2nc1c1ccc(N3CCCCCC3)nc12. The minimum atomic E-state index is -0.0551. The van der Waals surface area contributed by atoms with Gasteiger partial charge in [-0.15, -0.1) is 0 Å². The molecule has 2 N–H and O–H groups in total. The van der Waals surface area contributed by atoms with Gasteiger partial charge in [0.25, 0.3) is 11.8 Å². The minimum absolute atomic E-state index is 0.0507. The molecule has 12 heterocycles. The number of fused-ring (bicyclic) bond motifs is 22. The number of nitrogens with one attached hydrogen (secondary N) is 2. The highest BCUT2D eigenvalue weighted by molar-refractivity contribution is 6.05. The minimum Gasteiger partial charge on any atom is -0.357 e. The van der Waals surface area contributed by atoms with E-state index in [0.717, 1.165) is 157 Å². The van der Waals surface area contributed by atoms with Crippen LogP contribution in [0.2, 0.25) is 0 Å². The van der Waals surface area contributed by atoms with E-state index in [0.29, 0.717) is 23.3 Å². The maximum Gasteiger partial charge on any atom is 0.272 e. The van der Waals surface area contributed by atoms with E-state index in [1.54, 1.807) is 0 Å². The zero-order valence-electron chi connectivity index (χ0n) is 39.9. The molecule has 8 bridgehead atoms. The summed E-state index contributed by atoms with van der Waals surface area (Å²) in [4.78, 5) is 48.7. The van der Waals surface area contributed by atoms with Crippen molar-refractivity contribution in [3.8, 4) is 0 Å². The van der Waals surface area contributed by atoms with E-state index in [2.05, 4.69) is 54.5 Å². The van der Waals surface area contributed by atoms with Gasteiger partial charge in [0, 0.05) is 83.6 Å². The highest BCUT2D eigenvalue weighted by atomic mass is 16.2. The van der Waals surface area contributed by atoms with Gasteiger partial charge < -0.3 is 25.3 Å². The van der Waals surface area contributed by atoms with Gasteiger partial charge in [-0.2, -0.15) is 10.2 Å². The van der Waals surface area contributed by atoms with Crippen LogP contribution in [0, 0.1) is 5.92 Å². The fraction of sp³-hybridized carbons (Fsp3) is 0.731. The second-order valence-corrected chi connectivity index (χ2v) is 20.9. The molecule has 0 spiro atoms. The number of carbonyl (C=O) groups excluding carboxylic acids is 2. The number of hydrogen-bond donors (Lipinski definition) is 2. The first-order valence-corrected chi connectivity index (χ1v) is 26.9. The third-order valence-corrected chi connectivity index (χ3v) is 16.4. The van der Waals surface area contributed by atoms with E-state index >= 15 is 0 Å². The Morgan fingerprint density at radius 1 is 0.424 bits per heavy atom. The molecule has 14 heteroatoms. The van der Waals surface area contributed by atoms with Gasteiger partial charge in [-0.1, -0.05) is 64.2 Å². The summed E-state index contributed by atoms with van der Waals surface area (Å²) in [6.45, 7) is 11.0. The number of anilines is 2. The van der Waals surface area contributed by atoms with E-state index in [9.17, 15) is 9.59 Å². The van der Waals surface area contributed by atoms with Crippen LogP contribution in [0.1, 0.15) is 169 Å². The van der Waals surface area contributed by atoms with Gasteiger partial charge >= 0.3 is 0 Å². The Morgan fingerprint density at radius 3 is 1.47 bits per heavy atom. The number of rotatable bonds is 3. The molecule has 2 amide bonds. The number of carbonyl (C=O) groups is 2. The first-order valence-electron chi connectivity index (χ1n) is 26.9. The number of hydrogen-bond acceptors (Lipinski definition) is 10. The molecule has 4 fully saturated rings. The normalized spacial score (nSPS) is 28.6. The average Bonchev–Trinajstić information content (AvgIpc) is 3.60. The summed E-state index contributed by atoms with van der Waals surface area (Å²) >= 11 is 0. The lowest BCUT2D eigenvalue weighted by molar-refractivity contribution is 0.0779. The van der Waals surface area contributed by atoms with Gasteiger partial charge in [0.15, 0.2) is 22.7 Å². The van der Waals surface area contributed by atoms with Crippen LogP contribution in [-0.2, 0) is 13.1 Å². The van der Waals surface area contributed by atoms with Crippen molar-refractivity contribution in [1.82, 2.24) is 50.0 Å². The van der Waals surface area contributed by atoms with E-state index in [1.807, 2.05) is 9.36 Å². The first kappa shape index (κ1) is 45.5. The second kappa shape index (κ2) is 21.8. The maximum atomic E-state index is 14.0. The fourth-order valence-corrected chi connectivity index (χ4v) is 12.5. The predicted octanol–water partition coefficient (Wildman–Crippen LogP) is 8.33. The Kier molecular flexibility index (Phi) is 15.0. The van der Waals surface area contributed by atoms with Gasteiger partial charge in [0.1, 0.15) is 11.6 Å². The van der Waals surface area contributed by atoms with E-state index in [4.69, 9.17) is 20.2 Å². The van der Waals surface area contributed by atoms with Crippen LogP contribution in [0.4, 0.5) is 11.6 Å². The largest absolute Gasteiger partial charge is 0.357 e. The van der Waals surface area contributed by atoms with E-state index in [-0.39, 0.29) is 23.9 Å². The summed E-state index contributed by atoms with van der Waals surface area (Å²) in [5.74, 6) is 2.55. The molecule has 8 aliphatic heterocycles. The van der Waals surface area contributed by atoms with Gasteiger partial charge in [0.2, 0.25) is 0 Å². The van der Waals surface area contributed by atoms with Crippen LogP contribution in [-0.4, -0.2) is 128 Å². The Morgan fingerprint density at radius 2 is 0.894 bits per heavy atom. The molecule has 0 aliphatic carbocycles. The number of aryl methyl sites for hydroxylation is 2. The molecular weight excluding hydrogens is 825 g/mol. The van der Waals surface area contributed by atoms with Crippen molar-refractivity contribution >= 4 is 45.5 Å². The zero-order chi connectivity index (χ0) is 44.7. The van der Waals surface area contributed by atoms with Crippen molar-refractivity contribution in [2.24, 2.45) is 5.92 Å². The van der Waals surface area contributed by atoms with Crippen molar-refractivity contribution in [3.05, 3.63) is 35.7 Å². The van der Waals surface area contributed by atoms with Crippen LogP contribution < -0.4 is 20.4 Å². The van der Waals surface area contributed by atoms with Gasteiger partial charge in [0.05, 0.1) is 10.8 Å². The molecule has 4 saturated heterocycles. The number of nitrogens with zero attached hydrogens (tertiary/aromatic N) is 10. The lowest BCUT2D eigenvalue weighted by atomic mass is 9.86. The summed E-state index contributed by atoms with van der Waals surface area (Å²) in [5, 5.41) is 18.5. The highest BCUT2D eigenvalue weighted by Gasteiger charge is 2.34. The topological polar surface area (TPSA) is 133 Å². The molecule has 0 aromatic carbocycles. The Labute approximate surface area is 393 Å². The highest BCUT2D eigenvalue weighted by Crippen LogP contribution is 2.33. The molecular formula is C52H78N12O2. The smallest absolute Gasteiger partial charge is 0.272 e. The molecule has 4 aromatic heterocycles.